The molecule has 130 valence electrons. The number of nitrogens with zero attached hydrogens (tertiary/aromatic N) is 1. The van der Waals surface area contributed by atoms with Crippen molar-refractivity contribution in [2.75, 3.05) is 19.8 Å². The number of carbonyl (C=O) groups is 3. The molecule has 0 radical (unpaired) electrons. The van der Waals surface area contributed by atoms with Crippen molar-refractivity contribution in [1.82, 2.24) is 10.2 Å². The zero-order valence-electron chi connectivity index (χ0n) is 13.5. The highest BCUT2D eigenvalue weighted by Gasteiger charge is 2.47. The maximum absolute atomic E-state index is 12.2. The molecular formula is C16H19BrN2O5. The Labute approximate surface area is 148 Å². The van der Waals surface area contributed by atoms with Crippen LogP contribution >= 0.6 is 15.9 Å². The Morgan fingerprint density at radius 3 is 2.50 bits per heavy atom. The van der Waals surface area contributed by atoms with Crippen molar-refractivity contribution in [3.63, 3.8) is 0 Å². The molecule has 3 amide bonds. The van der Waals surface area contributed by atoms with Crippen LogP contribution in [0, 0.1) is 0 Å². The quantitative estimate of drug-likeness (QED) is 0.431. The Morgan fingerprint density at radius 1 is 1.25 bits per heavy atom. The van der Waals surface area contributed by atoms with E-state index in [9.17, 15) is 14.4 Å². The molecule has 24 heavy (non-hydrogen) atoms. The molecule has 1 aliphatic heterocycles. The fourth-order valence-electron chi connectivity index (χ4n) is 2.15. The van der Waals surface area contributed by atoms with Crippen molar-refractivity contribution in [2.45, 2.75) is 25.8 Å². The van der Waals surface area contributed by atoms with Crippen LogP contribution in [-0.4, -0.2) is 48.1 Å². The smallest absolute Gasteiger partial charge is 0.326 e. The number of hydrogen-bond donors (Lipinski definition) is 1. The molecule has 0 unspecified atom stereocenters. The highest BCUT2D eigenvalue weighted by atomic mass is 79.9. The lowest BCUT2D eigenvalue weighted by Gasteiger charge is -2.18. The number of benzene rings is 1. The number of carbonyl (C=O) groups excluding carboxylic acids is 3. The normalized spacial score (nSPS) is 20.0. The summed E-state index contributed by atoms with van der Waals surface area (Å²) in [5.74, 6) is -0.418. The van der Waals surface area contributed by atoms with Gasteiger partial charge in [0.05, 0.1) is 0 Å². The molecule has 1 aromatic carbocycles. The van der Waals surface area contributed by atoms with Gasteiger partial charge in [-0.1, -0.05) is 22.9 Å². The summed E-state index contributed by atoms with van der Waals surface area (Å²) < 4.78 is 11.4. The molecule has 1 heterocycles. The number of nitrogens with one attached hydrogen (secondary N) is 1. The minimum absolute atomic E-state index is 0.0313. The third-order valence-corrected chi connectivity index (χ3v) is 4.30. The molecule has 2 rings (SSSR count). The van der Waals surface area contributed by atoms with Crippen LogP contribution in [0.5, 0.6) is 5.75 Å². The minimum atomic E-state index is -0.956. The highest BCUT2D eigenvalue weighted by Crippen LogP contribution is 2.20. The Bertz CT molecular complexity index is 634. The van der Waals surface area contributed by atoms with Crippen LogP contribution in [0.25, 0.3) is 0 Å². The standard InChI is InChI=1S/C16H19BrN2O5/c1-3-16(2)14(21)19(15(22)18-16)10-13(20)24-9-8-23-12-6-4-11(17)5-7-12/h4-7H,3,8-10H2,1-2H3,(H,18,22)/t16-/m1/s1. The van der Waals surface area contributed by atoms with Crippen LogP contribution < -0.4 is 10.1 Å². The van der Waals surface area contributed by atoms with E-state index in [0.717, 1.165) is 9.37 Å². The largest absolute Gasteiger partial charge is 0.490 e. The maximum Gasteiger partial charge on any atom is 0.326 e. The second kappa shape index (κ2) is 7.65. The summed E-state index contributed by atoms with van der Waals surface area (Å²) in [6.45, 7) is 3.23. The van der Waals surface area contributed by atoms with Gasteiger partial charge in [0, 0.05) is 4.47 Å². The van der Waals surface area contributed by atoms with E-state index in [1.54, 1.807) is 26.0 Å². The average Bonchev–Trinajstić information content (AvgIpc) is 2.77. The summed E-state index contributed by atoms with van der Waals surface area (Å²) in [4.78, 5) is 36.6. The summed E-state index contributed by atoms with van der Waals surface area (Å²) >= 11 is 3.32. The second-order valence-electron chi connectivity index (χ2n) is 5.53. The van der Waals surface area contributed by atoms with E-state index in [1.165, 1.54) is 0 Å². The number of amides is 3. The first kappa shape index (κ1) is 18.3. The molecule has 0 aromatic heterocycles. The number of urea groups is 1. The molecule has 0 saturated carbocycles. The number of esters is 1. The lowest BCUT2D eigenvalue weighted by Crippen LogP contribution is -2.43. The molecule has 0 aliphatic carbocycles. The summed E-state index contributed by atoms with van der Waals surface area (Å²) in [6, 6.07) is 6.66. The number of imide groups is 1. The zero-order valence-corrected chi connectivity index (χ0v) is 15.1. The SMILES string of the molecule is CC[C@@]1(C)NC(=O)N(CC(=O)OCCOc2ccc(Br)cc2)C1=O. The van der Waals surface area contributed by atoms with Gasteiger partial charge in [0.2, 0.25) is 0 Å². The number of halogens is 1. The number of ether oxygens (including phenoxy) is 2. The van der Waals surface area contributed by atoms with Gasteiger partial charge in [-0.15, -0.1) is 0 Å². The van der Waals surface area contributed by atoms with Crippen molar-refractivity contribution in [3.05, 3.63) is 28.7 Å². The van der Waals surface area contributed by atoms with Gasteiger partial charge in [-0.3, -0.25) is 14.5 Å². The summed E-state index contributed by atoms with van der Waals surface area (Å²) in [7, 11) is 0. The third-order valence-electron chi connectivity index (χ3n) is 3.77. The Kier molecular flexibility index (Phi) is 5.82. The van der Waals surface area contributed by atoms with Crippen molar-refractivity contribution in [1.29, 1.82) is 0 Å². The monoisotopic (exact) mass is 398 g/mol. The first-order valence-corrected chi connectivity index (χ1v) is 8.33. The molecule has 1 fully saturated rings. The maximum atomic E-state index is 12.2. The van der Waals surface area contributed by atoms with Crippen LogP contribution in [0.2, 0.25) is 0 Å². The van der Waals surface area contributed by atoms with Gasteiger partial charge in [0.15, 0.2) is 0 Å². The van der Waals surface area contributed by atoms with E-state index in [-0.39, 0.29) is 13.2 Å². The van der Waals surface area contributed by atoms with E-state index in [4.69, 9.17) is 9.47 Å². The Balaban J connectivity index is 1.74. The first-order valence-electron chi connectivity index (χ1n) is 7.54. The van der Waals surface area contributed by atoms with Gasteiger partial charge in [-0.25, -0.2) is 4.79 Å². The van der Waals surface area contributed by atoms with Crippen LogP contribution in [0.4, 0.5) is 4.79 Å². The third kappa shape index (κ3) is 4.25. The summed E-state index contributed by atoms with van der Waals surface area (Å²) in [6.07, 6.45) is 0.449. The Morgan fingerprint density at radius 2 is 1.92 bits per heavy atom. The van der Waals surface area contributed by atoms with Gasteiger partial charge in [0.1, 0.15) is 31.0 Å². The van der Waals surface area contributed by atoms with Crippen molar-refractivity contribution in [3.8, 4) is 5.75 Å². The predicted molar refractivity (Wildman–Crippen MR) is 89.5 cm³/mol. The lowest BCUT2D eigenvalue weighted by atomic mass is 9.99. The molecule has 1 aromatic rings. The van der Waals surface area contributed by atoms with Crippen LogP contribution in [-0.2, 0) is 14.3 Å². The Hall–Kier alpha value is -2.09. The van der Waals surface area contributed by atoms with Crippen LogP contribution in [0.15, 0.2) is 28.7 Å². The number of hydrogen-bond acceptors (Lipinski definition) is 5. The molecular weight excluding hydrogens is 380 g/mol. The molecule has 1 saturated heterocycles. The number of rotatable bonds is 7. The topological polar surface area (TPSA) is 84.9 Å². The fourth-order valence-corrected chi connectivity index (χ4v) is 2.42. The van der Waals surface area contributed by atoms with E-state index < -0.39 is 30.0 Å². The van der Waals surface area contributed by atoms with Gasteiger partial charge < -0.3 is 14.8 Å². The van der Waals surface area contributed by atoms with Crippen molar-refractivity contribution >= 4 is 33.8 Å². The lowest BCUT2D eigenvalue weighted by molar-refractivity contribution is -0.148. The predicted octanol–water partition coefficient (Wildman–Crippen LogP) is 2.09. The molecule has 0 spiro atoms. The van der Waals surface area contributed by atoms with Crippen molar-refractivity contribution < 1.29 is 23.9 Å². The van der Waals surface area contributed by atoms with E-state index in [2.05, 4.69) is 21.2 Å². The summed E-state index contributed by atoms with van der Waals surface area (Å²) in [5.41, 5.74) is -0.956. The minimum Gasteiger partial charge on any atom is -0.490 e. The summed E-state index contributed by atoms with van der Waals surface area (Å²) in [5, 5.41) is 2.58. The molecule has 0 bridgehead atoms. The molecule has 1 aliphatic rings. The van der Waals surface area contributed by atoms with Crippen LogP contribution in [0.1, 0.15) is 20.3 Å². The molecule has 8 heteroatoms. The molecule has 1 atom stereocenters. The highest BCUT2D eigenvalue weighted by molar-refractivity contribution is 9.10. The molecule has 1 N–H and O–H groups in total. The first-order chi connectivity index (χ1) is 11.4. The van der Waals surface area contributed by atoms with E-state index >= 15 is 0 Å². The average molecular weight is 399 g/mol. The van der Waals surface area contributed by atoms with Gasteiger partial charge >= 0.3 is 12.0 Å². The fraction of sp³-hybridized carbons (Fsp3) is 0.438. The van der Waals surface area contributed by atoms with Gasteiger partial charge in [0.25, 0.3) is 5.91 Å². The van der Waals surface area contributed by atoms with E-state index in [1.807, 2.05) is 12.1 Å². The van der Waals surface area contributed by atoms with E-state index in [0.29, 0.717) is 12.2 Å². The van der Waals surface area contributed by atoms with Gasteiger partial charge in [-0.05, 0) is 37.6 Å². The van der Waals surface area contributed by atoms with Gasteiger partial charge in [-0.2, -0.15) is 0 Å². The second-order valence-corrected chi connectivity index (χ2v) is 6.45. The molecule has 7 nitrogen and oxygen atoms in total. The zero-order chi connectivity index (χ0) is 17.7. The van der Waals surface area contributed by atoms with Crippen molar-refractivity contribution in [2.24, 2.45) is 0 Å². The van der Waals surface area contributed by atoms with Crippen LogP contribution in [0.3, 0.4) is 0 Å².